The van der Waals surface area contributed by atoms with Crippen molar-refractivity contribution in [1.29, 1.82) is 0 Å². The maximum absolute atomic E-state index is 6.01. The first kappa shape index (κ1) is 12.0. The minimum atomic E-state index is 0.0760. The van der Waals surface area contributed by atoms with Gasteiger partial charge in [-0.2, -0.15) is 0 Å². The van der Waals surface area contributed by atoms with Crippen molar-refractivity contribution in [2.24, 2.45) is 10.7 Å². The molecule has 5 nitrogen and oxygen atoms in total. The van der Waals surface area contributed by atoms with Crippen molar-refractivity contribution in [3.63, 3.8) is 0 Å². The zero-order chi connectivity index (χ0) is 13.2. The normalized spacial score (nSPS) is 18.5. The Morgan fingerprint density at radius 2 is 2.37 bits per heavy atom. The summed E-state index contributed by atoms with van der Waals surface area (Å²) < 4.78 is 5.26. The Labute approximate surface area is 115 Å². The Balaban J connectivity index is 1.98. The molecule has 2 aromatic rings. The molecular formula is C13H14N4OS. The van der Waals surface area contributed by atoms with Gasteiger partial charge in [0.25, 0.3) is 0 Å². The van der Waals surface area contributed by atoms with Gasteiger partial charge in [-0.3, -0.25) is 4.99 Å². The van der Waals surface area contributed by atoms with Crippen LogP contribution in [0.1, 0.15) is 11.0 Å². The summed E-state index contributed by atoms with van der Waals surface area (Å²) in [5.41, 5.74) is 6.98. The molecule has 3 rings (SSSR count). The van der Waals surface area contributed by atoms with E-state index in [1.807, 2.05) is 34.5 Å². The third-order valence-electron chi connectivity index (χ3n) is 3.05. The average molecular weight is 274 g/mol. The molecule has 2 N–H and O–H groups in total. The SMILES string of the molecule is COc1cccc(N2C(N)=NCC2c2nccs2)c1. The highest BCUT2D eigenvalue weighted by Crippen LogP contribution is 2.33. The summed E-state index contributed by atoms with van der Waals surface area (Å²) in [6.07, 6.45) is 1.80. The van der Waals surface area contributed by atoms with Crippen molar-refractivity contribution in [1.82, 2.24) is 4.98 Å². The number of thiazole rings is 1. The molecule has 0 aliphatic carbocycles. The van der Waals surface area contributed by atoms with E-state index in [1.165, 1.54) is 0 Å². The smallest absolute Gasteiger partial charge is 0.196 e. The van der Waals surface area contributed by atoms with E-state index in [0.29, 0.717) is 12.5 Å². The van der Waals surface area contributed by atoms with Crippen LogP contribution >= 0.6 is 11.3 Å². The fourth-order valence-electron chi connectivity index (χ4n) is 2.16. The second-order valence-electron chi connectivity index (χ2n) is 4.16. The number of anilines is 1. The van der Waals surface area contributed by atoms with Crippen LogP contribution in [0.15, 0.2) is 40.8 Å². The molecular weight excluding hydrogens is 260 g/mol. The van der Waals surface area contributed by atoms with Gasteiger partial charge in [0, 0.05) is 23.3 Å². The van der Waals surface area contributed by atoms with Crippen LogP contribution in [0.4, 0.5) is 5.69 Å². The third-order valence-corrected chi connectivity index (χ3v) is 3.93. The number of methoxy groups -OCH3 is 1. The van der Waals surface area contributed by atoms with Crippen LogP contribution in [-0.4, -0.2) is 24.6 Å². The van der Waals surface area contributed by atoms with Crippen LogP contribution < -0.4 is 15.4 Å². The Morgan fingerprint density at radius 1 is 1.47 bits per heavy atom. The molecule has 1 aliphatic rings. The number of hydrogen-bond donors (Lipinski definition) is 1. The van der Waals surface area contributed by atoms with Crippen LogP contribution in [0.2, 0.25) is 0 Å². The van der Waals surface area contributed by atoms with Gasteiger partial charge in [-0.25, -0.2) is 4.98 Å². The topological polar surface area (TPSA) is 63.7 Å². The van der Waals surface area contributed by atoms with E-state index in [9.17, 15) is 0 Å². The Bertz CT molecular complexity index is 596. The Hall–Kier alpha value is -2.08. The quantitative estimate of drug-likeness (QED) is 0.930. The van der Waals surface area contributed by atoms with E-state index in [1.54, 1.807) is 24.6 Å². The number of guanidine groups is 1. The summed E-state index contributed by atoms with van der Waals surface area (Å²) in [6, 6.07) is 7.88. The number of aromatic nitrogens is 1. The number of nitrogens with zero attached hydrogens (tertiary/aromatic N) is 3. The Kier molecular flexibility index (Phi) is 3.08. The minimum Gasteiger partial charge on any atom is -0.497 e. The highest BCUT2D eigenvalue weighted by atomic mass is 32.1. The molecule has 1 aromatic carbocycles. The zero-order valence-corrected chi connectivity index (χ0v) is 11.3. The molecule has 0 radical (unpaired) electrons. The second-order valence-corrected chi connectivity index (χ2v) is 5.08. The number of rotatable bonds is 3. The van der Waals surface area contributed by atoms with Crippen LogP contribution in [0.5, 0.6) is 5.75 Å². The molecule has 98 valence electrons. The third kappa shape index (κ3) is 2.15. The first-order valence-electron chi connectivity index (χ1n) is 5.92. The van der Waals surface area contributed by atoms with Crippen LogP contribution in [0.25, 0.3) is 0 Å². The minimum absolute atomic E-state index is 0.0760. The number of aliphatic imine (C=N–C) groups is 1. The van der Waals surface area contributed by atoms with Crippen molar-refractivity contribution < 1.29 is 4.74 Å². The van der Waals surface area contributed by atoms with Crippen molar-refractivity contribution in [3.8, 4) is 5.75 Å². The number of ether oxygens (including phenoxy) is 1. The van der Waals surface area contributed by atoms with Gasteiger partial charge < -0.3 is 15.4 Å². The summed E-state index contributed by atoms with van der Waals surface area (Å²) in [5, 5.41) is 2.99. The van der Waals surface area contributed by atoms with Crippen molar-refractivity contribution in [2.75, 3.05) is 18.6 Å². The molecule has 0 spiro atoms. The summed E-state index contributed by atoms with van der Waals surface area (Å²) in [4.78, 5) is 10.7. The summed E-state index contributed by atoms with van der Waals surface area (Å²) in [5.74, 6) is 1.32. The summed E-state index contributed by atoms with van der Waals surface area (Å²) in [7, 11) is 1.65. The van der Waals surface area contributed by atoms with Crippen molar-refractivity contribution in [2.45, 2.75) is 6.04 Å². The zero-order valence-electron chi connectivity index (χ0n) is 10.5. The lowest BCUT2D eigenvalue weighted by atomic mass is 10.2. The van der Waals surface area contributed by atoms with Crippen LogP contribution in [0.3, 0.4) is 0 Å². The van der Waals surface area contributed by atoms with Gasteiger partial charge in [-0.15, -0.1) is 11.3 Å². The lowest BCUT2D eigenvalue weighted by Crippen LogP contribution is -2.36. The van der Waals surface area contributed by atoms with E-state index in [-0.39, 0.29) is 6.04 Å². The number of nitrogens with two attached hydrogens (primary N) is 1. The molecule has 2 heterocycles. The monoisotopic (exact) mass is 274 g/mol. The maximum Gasteiger partial charge on any atom is 0.196 e. The maximum atomic E-state index is 6.01. The van der Waals surface area contributed by atoms with Gasteiger partial charge in [0.15, 0.2) is 5.96 Å². The van der Waals surface area contributed by atoms with Gasteiger partial charge in [-0.05, 0) is 12.1 Å². The van der Waals surface area contributed by atoms with Gasteiger partial charge in [0.1, 0.15) is 16.8 Å². The molecule has 0 fully saturated rings. The van der Waals surface area contributed by atoms with Gasteiger partial charge >= 0.3 is 0 Å². The predicted molar refractivity (Wildman–Crippen MR) is 76.8 cm³/mol. The molecule has 0 amide bonds. The summed E-state index contributed by atoms with van der Waals surface area (Å²) >= 11 is 1.62. The van der Waals surface area contributed by atoms with Crippen LogP contribution in [0, 0.1) is 0 Å². The Morgan fingerprint density at radius 3 is 3.11 bits per heavy atom. The fourth-order valence-corrected chi connectivity index (χ4v) is 2.88. The fraction of sp³-hybridized carbons (Fsp3) is 0.231. The average Bonchev–Trinajstić information content (AvgIpc) is 3.07. The van der Waals surface area contributed by atoms with E-state index < -0.39 is 0 Å². The summed E-state index contributed by atoms with van der Waals surface area (Å²) in [6.45, 7) is 0.635. The molecule has 1 atom stereocenters. The lowest BCUT2D eigenvalue weighted by Gasteiger charge is -2.25. The largest absolute Gasteiger partial charge is 0.497 e. The number of benzene rings is 1. The standard InChI is InChI=1S/C13H14N4OS/c1-18-10-4-2-3-9(7-10)17-11(8-16-13(17)14)12-15-5-6-19-12/h2-7,11H,8H2,1H3,(H2,14,16). The molecule has 1 aliphatic heterocycles. The molecule has 0 saturated carbocycles. The van der Waals surface area contributed by atoms with E-state index in [2.05, 4.69) is 9.98 Å². The first-order chi connectivity index (χ1) is 9.29. The molecule has 0 saturated heterocycles. The van der Waals surface area contributed by atoms with Gasteiger partial charge in [-0.1, -0.05) is 6.07 Å². The lowest BCUT2D eigenvalue weighted by molar-refractivity contribution is 0.415. The molecule has 1 unspecified atom stereocenters. The molecule has 0 bridgehead atoms. The second kappa shape index (κ2) is 4.89. The van der Waals surface area contributed by atoms with Gasteiger partial charge in [0.05, 0.1) is 13.7 Å². The van der Waals surface area contributed by atoms with Gasteiger partial charge in [0.2, 0.25) is 0 Å². The van der Waals surface area contributed by atoms with Crippen molar-refractivity contribution in [3.05, 3.63) is 40.8 Å². The molecule has 19 heavy (non-hydrogen) atoms. The van der Waals surface area contributed by atoms with Crippen LogP contribution in [-0.2, 0) is 0 Å². The van der Waals surface area contributed by atoms with Crippen molar-refractivity contribution >= 4 is 23.0 Å². The molecule has 1 aromatic heterocycles. The highest BCUT2D eigenvalue weighted by molar-refractivity contribution is 7.09. The number of hydrogen-bond acceptors (Lipinski definition) is 6. The highest BCUT2D eigenvalue weighted by Gasteiger charge is 2.30. The predicted octanol–water partition coefficient (Wildman–Crippen LogP) is 2.03. The van der Waals surface area contributed by atoms with E-state index in [0.717, 1.165) is 16.4 Å². The van der Waals surface area contributed by atoms with E-state index >= 15 is 0 Å². The first-order valence-corrected chi connectivity index (χ1v) is 6.80. The van der Waals surface area contributed by atoms with E-state index in [4.69, 9.17) is 10.5 Å². The molecule has 6 heteroatoms.